The monoisotopic (exact) mass is 364 g/mol. The Hall–Kier alpha value is -0.980. The van der Waals surface area contributed by atoms with Gasteiger partial charge in [0, 0.05) is 0 Å². The lowest BCUT2D eigenvalue weighted by atomic mass is 10.2. The topological polar surface area (TPSA) is 44.8 Å². The largest absolute Gasteiger partial charge is 0.493 e. The van der Waals surface area contributed by atoms with E-state index < -0.39 is 0 Å². The van der Waals surface area contributed by atoms with Gasteiger partial charge < -0.3 is 14.2 Å². The Kier molecular flexibility index (Phi) is 6.24. The minimum Gasteiger partial charge on any atom is -0.493 e. The van der Waals surface area contributed by atoms with Crippen LogP contribution in [0.15, 0.2) is 12.1 Å². The molecule has 0 fully saturated rings. The van der Waals surface area contributed by atoms with Gasteiger partial charge in [0.1, 0.15) is 11.5 Å². The molecule has 0 spiro atoms. The Morgan fingerprint density at radius 3 is 1.94 bits per heavy atom. The van der Waals surface area contributed by atoms with Crippen molar-refractivity contribution in [2.24, 2.45) is 0 Å². The Morgan fingerprint density at radius 1 is 1.06 bits per heavy atom. The first kappa shape index (κ1) is 15.1. The molecule has 1 rings (SSSR count). The zero-order valence-corrected chi connectivity index (χ0v) is 12.9. The number of halogens is 1. The van der Waals surface area contributed by atoms with Gasteiger partial charge >= 0.3 is 5.97 Å². The number of carbonyl (C=O) groups excluding carboxylic acids is 1. The number of hydrogen-bond donors (Lipinski definition) is 0. The molecule has 0 bridgehead atoms. The summed E-state index contributed by atoms with van der Waals surface area (Å²) >= 11 is 2.15. The summed E-state index contributed by atoms with van der Waals surface area (Å²) in [4.78, 5) is 11.7. The van der Waals surface area contributed by atoms with Crippen molar-refractivity contribution in [1.82, 2.24) is 0 Å². The molecule has 18 heavy (non-hydrogen) atoms. The minimum absolute atomic E-state index is 0.346. The maximum absolute atomic E-state index is 11.7. The fraction of sp³-hybridized carbons (Fsp3) is 0.462. The van der Waals surface area contributed by atoms with E-state index >= 15 is 0 Å². The molecule has 1 aromatic rings. The SMILES string of the molecule is CCOC(=O)c1cc(OCC)c(I)c(OCC)c1. The van der Waals surface area contributed by atoms with Gasteiger partial charge in [-0.3, -0.25) is 0 Å². The zero-order valence-electron chi connectivity index (χ0n) is 10.8. The molecule has 0 saturated heterocycles. The van der Waals surface area contributed by atoms with E-state index in [1.807, 2.05) is 13.8 Å². The molecule has 0 N–H and O–H groups in total. The Morgan fingerprint density at radius 2 is 1.56 bits per heavy atom. The van der Waals surface area contributed by atoms with Gasteiger partial charge in [0.2, 0.25) is 0 Å². The fourth-order valence-electron chi connectivity index (χ4n) is 1.43. The molecule has 0 radical (unpaired) electrons. The highest BCUT2D eigenvalue weighted by Crippen LogP contribution is 2.32. The lowest BCUT2D eigenvalue weighted by molar-refractivity contribution is 0.0525. The molecule has 0 heterocycles. The number of esters is 1. The number of ether oxygens (including phenoxy) is 3. The summed E-state index contributed by atoms with van der Waals surface area (Å²) in [6.07, 6.45) is 0. The zero-order chi connectivity index (χ0) is 13.5. The third-order valence-electron chi connectivity index (χ3n) is 2.12. The number of carbonyl (C=O) groups is 1. The van der Waals surface area contributed by atoms with Crippen molar-refractivity contribution in [2.75, 3.05) is 19.8 Å². The third-order valence-corrected chi connectivity index (χ3v) is 3.18. The van der Waals surface area contributed by atoms with Gasteiger partial charge in [-0.2, -0.15) is 0 Å². The van der Waals surface area contributed by atoms with Crippen molar-refractivity contribution < 1.29 is 19.0 Å². The van der Waals surface area contributed by atoms with E-state index in [0.717, 1.165) is 3.57 Å². The second-order valence-electron chi connectivity index (χ2n) is 3.37. The van der Waals surface area contributed by atoms with Crippen LogP contribution in [0.1, 0.15) is 31.1 Å². The highest BCUT2D eigenvalue weighted by atomic mass is 127. The molecule has 0 atom stereocenters. The van der Waals surface area contributed by atoms with Crippen molar-refractivity contribution in [1.29, 1.82) is 0 Å². The first-order chi connectivity index (χ1) is 8.63. The van der Waals surface area contributed by atoms with Crippen LogP contribution < -0.4 is 9.47 Å². The van der Waals surface area contributed by atoms with Gasteiger partial charge in [-0.15, -0.1) is 0 Å². The van der Waals surface area contributed by atoms with Crippen molar-refractivity contribution in [2.45, 2.75) is 20.8 Å². The van der Waals surface area contributed by atoms with Crippen LogP contribution in [0, 0.1) is 3.57 Å². The van der Waals surface area contributed by atoms with Gasteiger partial charge in [-0.1, -0.05) is 0 Å². The first-order valence-corrected chi connectivity index (χ1v) is 6.98. The summed E-state index contributed by atoms with van der Waals surface area (Å²) in [5, 5.41) is 0. The van der Waals surface area contributed by atoms with Gasteiger partial charge in [-0.05, 0) is 55.5 Å². The summed E-state index contributed by atoms with van der Waals surface area (Å²) in [7, 11) is 0. The molecule has 0 unspecified atom stereocenters. The highest BCUT2D eigenvalue weighted by molar-refractivity contribution is 14.1. The summed E-state index contributed by atoms with van der Waals surface area (Å²) in [5.74, 6) is 0.926. The highest BCUT2D eigenvalue weighted by Gasteiger charge is 2.15. The molecule has 0 aliphatic rings. The van der Waals surface area contributed by atoms with Crippen molar-refractivity contribution >= 4 is 28.6 Å². The molecule has 0 aromatic heterocycles. The van der Waals surface area contributed by atoms with Gasteiger partial charge in [0.25, 0.3) is 0 Å². The molecule has 4 nitrogen and oxygen atoms in total. The lowest BCUT2D eigenvalue weighted by Gasteiger charge is -2.13. The number of hydrogen-bond acceptors (Lipinski definition) is 4. The maximum atomic E-state index is 11.7. The third kappa shape index (κ3) is 3.76. The molecule has 0 aliphatic heterocycles. The second kappa shape index (κ2) is 7.45. The average Bonchev–Trinajstić information content (AvgIpc) is 2.34. The van der Waals surface area contributed by atoms with Crippen LogP contribution in [0.3, 0.4) is 0 Å². The maximum Gasteiger partial charge on any atom is 0.338 e. The predicted molar refractivity (Wildman–Crippen MR) is 77.5 cm³/mol. The molecule has 1 aromatic carbocycles. The van der Waals surface area contributed by atoms with Crippen LogP contribution in [-0.4, -0.2) is 25.8 Å². The summed E-state index contributed by atoms with van der Waals surface area (Å²) in [6, 6.07) is 3.37. The van der Waals surface area contributed by atoms with Crippen molar-refractivity contribution in [3.63, 3.8) is 0 Å². The molecule has 100 valence electrons. The van der Waals surface area contributed by atoms with E-state index in [2.05, 4.69) is 22.6 Å². The van der Waals surface area contributed by atoms with Crippen molar-refractivity contribution in [3.05, 3.63) is 21.3 Å². The standard InChI is InChI=1S/C13H17IO4/c1-4-16-10-7-9(13(15)18-6-3)8-11(12(10)14)17-5-2/h7-8H,4-6H2,1-3H3. The molecular formula is C13H17IO4. The van der Waals surface area contributed by atoms with Crippen LogP contribution in [0.4, 0.5) is 0 Å². The van der Waals surface area contributed by atoms with E-state index in [1.165, 1.54) is 0 Å². The molecular weight excluding hydrogens is 347 g/mol. The Labute approximate surface area is 121 Å². The van der Waals surface area contributed by atoms with Gasteiger partial charge in [0.15, 0.2) is 0 Å². The quantitative estimate of drug-likeness (QED) is 0.574. The average molecular weight is 364 g/mol. The summed E-state index contributed by atoms with van der Waals surface area (Å²) in [5.41, 5.74) is 0.448. The van der Waals surface area contributed by atoms with E-state index in [1.54, 1.807) is 19.1 Å². The molecule has 0 aliphatic carbocycles. The van der Waals surface area contributed by atoms with Crippen LogP contribution in [0.25, 0.3) is 0 Å². The predicted octanol–water partition coefficient (Wildman–Crippen LogP) is 3.27. The summed E-state index contributed by atoms with van der Waals surface area (Å²) in [6.45, 7) is 6.99. The lowest BCUT2D eigenvalue weighted by Crippen LogP contribution is -2.07. The van der Waals surface area contributed by atoms with Crippen LogP contribution in [0.5, 0.6) is 11.5 Å². The van der Waals surface area contributed by atoms with Crippen molar-refractivity contribution in [3.8, 4) is 11.5 Å². The normalized spacial score (nSPS) is 10.0. The summed E-state index contributed by atoms with van der Waals surface area (Å²) < 4.78 is 16.8. The van der Waals surface area contributed by atoms with Gasteiger partial charge in [-0.25, -0.2) is 4.79 Å². The Bertz CT molecular complexity index is 390. The number of benzene rings is 1. The van der Waals surface area contributed by atoms with Crippen LogP contribution in [0.2, 0.25) is 0 Å². The minimum atomic E-state index is -0.365. The van der Waals surface area contributed by atoms with E-state index in [-0.39, 0.29) is 5.97 Å². The smallest absolute Gasteiger partial charge is 0.338 e. The molecule has 0 saturated carbocycles. The second-order valence-corrected chi connectivity index (χ2v) is 4.45. The van der Waals surface area contributed by atoms with Crippen LogP contribution >= 0.6 is 22.6 Å². The molecule has 5 heteroatoms. The number of rotatable bonds is 6. The van der Waals surface area contributed by atoms with E-state index in [0.29, 0.717) is 36.9 Å². The first-order valence-electron chi connectivity index (χ1n) is 5.90. The van der Waals surface area contributed by atoms with Crippen LogP contribution in [-0.2, 0) is 4.74 Å². The van der Waals surface area contributed by atoms with E-state index in [4.69, 9.17) is 14.2 Å². The van der Waals surface area contributed by atoms with Gasteiger partial charge in [0.05, 0.1) is 29.0 Å². The fourth-order valence-corrected chi connectivity index (χ4v) is 2.05. The Balaban J connectivity index is 3.15. The van der Waals surface area contributed by atoms with E-state index in [9.17, 15) is 4.79 Å². The molecule has 0 amide bonds.